The molecule has 2 aromatic rings. The van der Waals surface area contributed by atoms with E-state index in [4.69, 9.17) is 35.4 Å². The van der Waals surface area contributed by atoms with Crippen LogP contribution in [0.2, 0.25) is 0 Å². The number of nitrogens with two attached hydrogens (primary N) is 1. The smallest absolute Gasteiger partial charge is 0.450 e. The van der Waals surface area contributed by atoms with Crippen LogP contribution in [0.15, 0.2) is 18.5 Å². The van der Waals surface area contributed by atoms with Crippen LogP contribution < -0.4 is 5.73 Å². The number of nitrogen functional groups attached to an aromatic ring is 1. The largest absolute Gasteiger partial charge is 0.508 e. The highest BCUT2D eigenvalue weighted by Gasteiger charge is 2.30. The molecular formula is C21H31N5O10. The van der Waals surface area contributed by atoms with Gasteiger partial charge in [-0.15, -0.1) is 0 Å². The van der Waals surface area contributed by atoms with Crippen molar-refractivity contribution < 1.29 is 48.3 Å². The molecule has 2 aromatic heterocycles. The zero-order valence-electron chi connectivity index (χ0n) is 20.2. The lowest BCUT2D eigenvalue weighted by atomic mass is 10.1. The molecule has 1 saturated heterocycles. The highest BCUT2D eigenvalue weighted by molar-refractivity contribution is 5.65. The third-order valence-electron chi connectivity index (χ3n) is 4.13. The van der Waals surface area contributed by atoms with Crippen molar-refractivity contribution in [3.63, 3.8) is 0 Å². The van der Waals surface area contributed by atoms with E-state index in [1.807, 2.05) is 12.1 Å². The zero-order chi connectivity index (χ0) is 27.5. The van der Waals surface area contributed by atoms with Gasteiger partial charge in [-0.2, -0.15) is 5.10 Å². The van der Waals surface area contributed by atoms with Crippen LogP contribution in [0.25, 0.3) is 5.52 Å². The molecule has 1 fully saturated rings. The molecule has 0 aromatic carbocycles. The van der Waals surface area contributed by atoms with Crippen LogP contribution in [0.1, 0.15) is 45.4 Å². The number of rotatable bonds is 6. The van der Waals surface area contributed by atoms with Crippen molar-refractivity contribution in [2.75, 3.05) is 32.2 Å². The summed E-state index contributed by atoms with van der Waals surface area (Å²) >= 11 is 0. The summed E-state index contributed by atoms with van der Waals surface area (Å²) in [6.45, 7) is 9.42. The molecule has 36 heavy (non-hydrogen) atoms. The molecule has 0 amide bonds. The Balaban J connectivity index is 0.000000727. The van der Waals surface area contributed by atoms with E-state index in [1.54, 1.807) is 25.3 Å². The van der Waals surface area contributed by atoms with E-state index in [0.717, 1.165) is 24.1 Å². The maximum Gasteiger partial charge on any atom is 0.508 e. The Labute approximate surface area is 207 Å². The highest BCUT2D eigenvalue weighted by Crippen LogP contribution is 2.33. The third kappa shape index (κ3) is 11.7. The van der Waals surface area contributed by atoms with Crippen LogP contribution in [0, 0.1) is 11.8 Å². The number of carbonyl (C=O) groups is 3. The number of hydrogen-bond donors (Lipinski definition) is 3. The Morgan fingerprint density at radius 2 is 1.64 bits per heavy atom. The Kier molecular flexibility index (Phi) is 15.9. The first kappa shape index (κ1) is 31.7. The minimum Gasteiger partial charge on any atom is -0.450 e. The Morgan fingerprint density at radius 1 is 1.06 bits per heavy atom. The van der Waals surface area contributed by atoms with E-state index in [2.05, 4.69) is 26.1 Å². The first-order valence-electron chi connectivity index (χ1n) is 10.7. The van der Waals surface area contributed by atoms with E-state index in [-0.39, 0.29) is 32.0 Å². The van der Waals surface area contributed by atoms with E-state index in [1.165, 1.54) is 6.33 Å². The number of fused-ring (bicyclic) bond motifs is 1. The second-order valence-electron chi connectivity index (χ2n) is 6.42. The molecule has 2 atom stereocenters. The zero-order valence-corrected chi connectivity index (χ0v) is 20.2. The number of carbonyl (C=O) groups excluding carboxylic acids is 1. The van der Waals surface area contributed by atoms with Gasteiger partial charge in [0.15, 0.2) is 5.82 Å². The molecule has 3 rings (SSSR count). The molecule has 15 heteroatoms. The molecule has 2 unspecified atom stereocenters. The summed E-state index contributed by atoms with van der Waals surface area (Å²) in [6.07, 6.45) is -0.280. The molecule has 4 N–H and O–H groups in total. The molecule has 1 aliphatic heterocycles. The van der Waals surface area contributed by atoms with Crippen molar-refractivity contribution in [2.45, 2.75) is 45.8 Å². The lowest BCUT2D eigenvalue weighted by Gasteiger charge is -2.13. The second kappa shape index (κ2) is 18.1. The predicted octanol–water partition coefficient (Wildman–Crippen LogP) is 3.25. The fourth-order valence-electron chi connectivity index (χ4n) is 2.83. The van der Waals surface area contributed by atoms with Gasteiger partial charge in [0.25, 0.3) is 0 Å². The van der Waals surface area contributed by atoms with Crippen molar-refractivity contribution in [1.82, 2.24) is 14.6 Å². The first-order valence-corrected chi connectivity index (χ1v) is 10.7. The predicted molar refractivity (Wildman–Crippen MR) is 123 cm³/mol. The van der Waals surface area contributed by atoms with Gasteiger partial charge in [-0.05, 0) is 45.7 Å². The topological polar surface area (TPSA) is 218 Å². The SMILES string of the molecule is C#N.CCOC(=O)O.CCOC(=O)O.CCOC(=O)OCC1CCC(c2ccc3c(N)ncnn23)O1. The van der Waals surface area contributed by atoms with E-state index in [0.29, 0.717) is 12.4 Å². The lowest BCUT2D eigenvalue weighted by Crippen LogP contribution is -2.19. The van der Waals surface area contributed by atoms with Gasteiger partial charge in [0.1, 0.15) is 24.6 Å². The molecule has 0 radical (unpaired) electrons. The Morgan fingerprint density at radius 3 is 2.14 bits per heavy atom. The van der Waals surface area contributed by atoms with Crippen molar-refractivity contribution in [2.24, 2.45) is 0 Å². The van der Waals surface area contributed by atoms with Gasteiger partial charge in [0, 0.05) is 6.57 Å². The molecule has 15 nitrogen and oxygen atoms in total. The summed E-state index contributed by atoms with van der Waals surface area (Å²) in [5.74, 6) is 0.432. The molecule has 0 aliphatic carbocycles. The van der Waals surface area contributed by atoms with Crippen LogP contribution in [-0.2, 0) is 23.7 Å². The van der Waals surface area contributed by atoms with Crippen LogP contribution in [0.4, 0.5) is 20.2 Å². The molecule has 0 saturated carbocycles. The minimum atomic E-state index is -1.21. The summed E-state index contributed by atoms with van der Waals surface area (Å²) in [5, 5.41) is 26.1. The molecule has 1 aliphatic rings. The van der Waals surface area contributed by atoms with Crippen LogP contribution in [-0.4, -0.2) is 75.8 Å². The average molecular weight is 514 g/mol. The normalized spacial score (nSPS) is 15.5. The van der Waals surface area contributed by atoms with Crippen molar-refractivity contribution >= 4 is 29.8 Å². The quantitative estimate of drug-likeness (QED) is 0.373. The second-order valence-corrected chi connectivity index (χ2v) is 6.42. The summed E-state index contributed by atoms with van der Waals surface area (Å²) in [5.41, 5.74) is 7.50. The maximum atomic E-state index is 11.2. The van der Waals surface area contributed by atoms with E-state index >= 15 is 0 Å². The molecule has 0 spiro atoms. The van der Waals surface area contributed by atoms with Crippen molar-refractivity contribution in [3.05, 3.63) is 24.2 Å². The van der Waals surface area contributed by atoms with Crippen LogP contribution in [0.5, 0.6) is 0 Å². The summed E-state index contributed by atoms with van der Waals surface area (Å²) in [4.78, 5) is 33.9. The maximum absolute atomic E-state index is 11.2. The Hall–Kier alpha value is -4.32. The van der Waals surface area contributed by atoms with Gasteiger partial charge in [-0.25, -0.2) is 29.1 Å². The summed E-state index contributed by atoms with van der Waals surface area (Å²) in [7, 11) is 0. The average Bonchev–Trinajstić information content (AvgIpc) is 3.48. The van der Waals surface area contributed by atoms with Gasteiger partial charge in [-0.1, -0.05) is 0 Å². The van der Waals surface area contributed by atoms with Gasteiger partial charge < -0.3 is 39.6 Å². The van der Waals surface area contributed by atoms with Crippen LogP contribution in [0.3, 0.4) is 0 Å². The van der Waals surface area contributed by atoms with Crippen molar-refractivity contribution in [3.8, 4) is 6.57 Å². The minimum absolute atomic E-state index is 0.104. The number of hydrogen-bond acceptors (Lipinski definition) is 12. The first-order chi connectivity index (χ1) is 17.2. The van der Waals surface area contributed by atoms with Gasteiger partial charge in [0.05, 0.1) is 31.6 Å². The number of nitriles is 1. The summed E-state index contributed by atoms with van der Waals surface area (Å²) < 4.78 is 25.3. The van der Waals surface area contributed by atoms with Crippen LogP contribution >= 0.6 is 0 Å². The van der Waals surface area contributed by atoms with Gasteiger partial charge in [0.2, 0.25) is 0 Å². The third-order valence-corrected chi connectivity index (χ3v) is 4.13. The lowest BCUT2D eigenvalue weighted by molar-refractivity contribution is -0.0164. The number of carboxylic acid groups (broad SMARTS) is 2. The number of aromatic nitrogens is 3. The number of nitrogens with zero attached hydrogens (tertiary/aromatic N) is 4. The number of anilines is 1. The van der Waals surface area contributed by atoms with E-state index in [9.17, 15) is 14.4 Å². The highest BCUT2D eigenvalue weighted by atomic mass is 16.7. The molecule has 3 heterocycles. The van der Waals surface area contributed by atoms with Gasteiger partial charge >= 0.3 is 18.5 Å². The van der Waals surface area contributed by atoms with Gasteiger partial charge in [-0.3, -0.25) is 0 Å². The van der Waals surface area contributed by atoms with Crippen molar-refractivity contribution in [1.29, 1.82) is 5.26 Å². The fourth-order valence-corrected chi connectivity index (χ4v) is 2.83. The molecular weight excluding hydrogens is 482 g/mol. The molecule has 200 valence electrons. The standard InChI is InChI=1S/C14H18N4O4.2C3H6O3.CHN/c1-2-20-14(19)21-7-9-3-6-12(22-9)10-4-5-11-13(15)16-8-17-18(10)11;2*1-2-6-3(4)5;1-2/h4-5,8-9,12H,2-3,6-7H2,1H3,(H2,15,16,17);2*2H2,1H3,(H,4,5);1H. The molecule has 0 bridgehead atoms. The van der Waals surface area contributed by atoms with E-state index < -0.39 is 18.5 Å². The Bertz CT molecular complexity index is 949. The fraction of sp³-hybridized carbons (Fsp3) is 0.524. The monoisotopic (exact) mass is 513 g/mol. The summed E-state index contributed by atoms with van der Waals surface area (Å²) in [6, 6.07) is 3.80. The number of ether oxygens (including phenoxy) is 5.